The molecule has 2 aromatic carbocycles. The number of hydrazine groups is 1. The third-order valence-electron chi connectivity index (χ3n) is 2.95. The van der Waals surface area contributed by atoms with Crippen LogP contribution in [0.15, 0.2) is 36.4 Å². The molecule has 7 heteroatoms. The maximum Gasteiger partial charge on any atom is 0.241 e. The summed E-state index contributed by atoms with van der Waals surface area (Å²) in [6.45, 7) is 2.26. The number of benzene rings is 2. The fourth-order valence-corrected chi connectivity index (χ4v) is 2.66. The highest BCUT2D eigenvalue weighted by molar-refractivity contribution is 6.41. The van der Waals surface area contributed by atoms with Crippen molar-refractivity contribution in [2.45, 2.75) is 13.3 Å². The van der Waals surface area contributed by atoms with Gasteiger partial charge in [0.2, 0.25) is 5.91 Å². The van der Waals surface area contributed by atoms with Gasteiger partial charge in [0.05, 0.1) is 28.8 Å². The van der Waals surface area contributed by atoms with Crippen LogP contribution in [0.3, 0.4) is 0 Å². The number of carbonyl (C=O) groups excluding carboxylic acids is 1. The molecule has 0 unspecified atom stereocenters. The summed E-state index contributed by atoms with van der Waals surface area (Å²) in [5.74, 6) is 0.472. The van der Waals surface area contributed by atoms with E-state index in [0.717, 1.165) is 11.3 Å². The average Bonchev–Trinajstić information content (AvgIpc) is 2.48. The van der Waals surface area contributed by atoms with Crippen LogP contribution in [0, 0.1) is 6.92 Å². The van der Waals surface area contributed by atoms with Gasteiger partial charge < -0.3 is 4.74 Å². The zero-order valence-electron chi connectivity index (χ0n) is 12.3. The topological polar surface area (TPSA) is 50.4 Å². The van der Waals surface area contributed by atoms with Crippen LogP contribution in [0.4, 0.5) is 5.69 Å². The van der Waals surface area contributed by atoms with Crippen LogP contribution >= 0.6 is 34.8 Å². The summed E-state index contributed by atoms with van der Waals surface area (Å²) in [5.41, 5.74) is 6.74. The van der Waals surface area contributed by atoms with Gasteiger partial charge in [-0.3, -0.25) is 15.6 Å². The molecule has 1 amide bonds. The molecule has 23 heavy (non-hydrogen) atoms. The number of hydrogen-bond donors (Lipinski definition) is 2. The molecule has 0 aliphatic heterocycles. The third kappa shape index (κ3) is 5.50. The molecule has 2 N–H and O–H groups in total. The second-order valence-corrected chi connectivity index (χ2v) is 6.08. The Hall–Kier alpha value is -1.62. The van der Waals surface area contributed by atoms with Crippen molar-refractivity contribution in [1.82, 2.24) is 5.43 Å². The van der Waals surface area contributed by atoms with Crippen molar-refractivity contribution >= 4 is 46.4 Å². The first-order valence-corrected chi connectivity index (χ1v) is 7.98. The molecule has 122 valence electrons. The molecular weight excluding hydrogens is 359 g/mol. The maximum atomic E-state index is 11.8. The van der Waals surface area contributed by atoms with Gasteiger partial charge >= 0.3 is 0 Å². The molecule has 4 nitrogen and oxygen atoms in total. The molecule has 2 rings (SSSR count). The second kappa shape index (κ2) is 8.29. The Morgan fingerprint density at radius 2 is 1.70 bits per heavy atom. The minimum Gasteiger partial charge on any atom is -0.493 e. The minimum atomic E-state index is -0.251. The van der Waals surface area contributed by atoms with Crippen molar-refractivity contribution in [3.63, 3.8) is 0 Å². The first-order valence-electron chi connectivity index (χ1n) is 6.84. The Labute approximate surface area is 149 Å². The van der Waals surface area contributed by atoms with E-state index in [9.17, 15) is 4.79 Å². The molecule has 2 aromatic rings. The van der Waals surface area contributed by atoms with Crippen molar-refractivity contribution in [1.29, 1.82) is 0 Å². The van der Waals surface area contributed by atoms with E-state index in [2.05, 4.69) is 10.9 Å². The predicted octanol–water partition coefficient (Wildman–Crippen LogP) is 4.87. The number of aryl methyl sites for hydroxylation is 1. The lowest BCUT2D eigenvalue weighted by Crippen LogP contribution is -2.30. The van der Waals surface area contributed by atoms with Crippen molar-refractivity contribution < 1.29 is 9.53 Å². The van der Waals surface area contributed by atoms with Crippen molar-refractivity contribution in [3.05, 3.63) is 57.0 Å². The molecule has 0 aliphatic carbocycles. The minimum absolute atomic E-state index is 0.184. The SMILES string of the molecule is Cc1ccc(OCCC(=O)NNc2c(Cl)cc(Cl)cc2Cl)cc1. The fraction of sp³-hybridized carbons (Fsp3) is 0.188. The highest BCUT2D eigenvalue weighted by atomic mass is 35.5. The summed E-state index contributed by atoms with van der Waals surface area (Å²) in [6, 6.07) is 10.7. The van der Waals surface area contributed by atoms with Crippen LogP contribution in [-0.2, 0) is 4.79 Å². The Balaban J connectivity index is 1.78. The van der Waals surface area contributed by atoms with Crippen molar-refractivity contribution in [3.8, 4) is 5.75 Å². The van der Waals surface area contributed by atoms with E-state index < -0.39 is 0 Å². The van der Waals surface area contributed by atoms with Crippen LogP contribution in [0.2, 0.25) is 15.1 Å². The first kappa shape index (κ1) is 17.7. The van der Waals surface area contributed by atoms with Crippen LogP contribution in [0.1, 0.15) is 12.0 Å². The standard InChI is InChI=1S/C16H15Cl3N2O2/c1-10-2-4-12(5-3-10)23-7-6-15(22)20-21-16-13(18)8-11(17)9-14(16)19/h2-5,8-9,21H,6-7H2,1H3,(H,20,22). The number of rotatable bonds is 6. The zero-order chi connectivity index (χ0) is 16.8. The summed E-state index contributed by atoms with van der Waals surface area (Å²) in [6.07, 6.45) is 0.184. The average molecular weight is 374 g/mol. The summed E-state index contributed by atoms with van der Waals surface area (Å²) >= 11 is 17.8. The Morgan fingerprint density at radius 1 is 1.09 bits per heavy atom. The van der Waals surface area contributed by atoms with Gasteiger partial charge in [0.25, 0.3) is 0 Å². The summed E-state index contributed by atoms with van der Waals surface area (Å²) < 4.78 is 5.49. The molecule has 0 bridgehead atoms. The molecule has 0 fully saturated rings. The Bertz CT molecular complexity index is 667. The molecule has 0 spiro atoms. The maximum absolute atomic E-state index is 11.8. The van der Waals surface area contributed by atoms with E-state index in [1.54, 1.807) is 0 Å². The van der Waals surface area contributed by atoms with E-state index in [0.29, 0.717) is 20.8 Å². The van der Waals surface area contributed by atoms with Gasteiger partial charge in [0, 0.05) is 5.02 Å². The largest absolute Gasteiger partial charge is 0.493 e. The molecule has 0 saturated heterocycles. The highest BCUT2D eigenvalue weighted by Gasteiger charge is 2.09. The van der Waals surface area contributed by atoms with Gasteiger partial charge in [-0.1, -0.05) is 52.5 Å². The van der Waals surface area contributed by atoms with Crippen LogP contribution in [0.25, 0.3) is 0 Å². The number of nitrogens with one attached hydrogen (secondary N) is 2. The predicted molar refractivity (Wildman–Crippen MR) is 94.5 cm³/mol. The van der Waals surface area contributed by atoms with Crippen molar-refractivity contribution in [2.75, 3.05) is 12.0 Å². The van der Waals surface area contributed by atoms with E-state index in [1.807, 2.05) is 31.2 Å². The third-order valence-corrected chi connectivity index (χ3v) is 3.77. The van der Waals surface area contributed by atoms with Gasteiger partial charge in [-0.15, -0.1) is 0 Å². The number of amides is 1. The summed E-state index contributed by atoms with van der Waals surface area (Å²) in [7, 11) is 0. The number of anilines is 1. The van der Waals surface area contributed by atoms with Crippen molar-refractivity contribution in [2.24, 2.45) is 0 Å². The van der Waals surface area contributed by atoms with E-state index >= 15 is 0 Å². The van der Waals surface area contributed by atoms with Crippen LogP contribution < -0.4 is 15.6 Å². The summed E-state index contributed by atoms with van der Waals surface area (Å²) in [5, 5.41) is 1.06. The molecule has 0 heterocycles. The molecule has 0 aliphatic rings. The lowest BCUT2D eigenvalue weighted by atomic mass is 10.2. The number of ether oxygens (including phenoxy) is 1. The van der Waals surface area contributed by atoms with Crippen LogP contribution in [0.5, 0.6) is 5.75 Å². The first-order chi connectivity index (χ1) is 11.0. The Morgan fingerprint density at radius 3 is 2.30 bits per heavy atom. The normalized spacial score (nSPS) is 10.3. The molecular formula is C16H15Cl3N2O2. The molecule has 0 radical (unpaired) electrons. The smallest absolute Gasteiger partial charge is 0.241 e. The molecule has 0 saturated carbocycles. The van der Waals surface area contributed by atoms with Gasteiger partial charge in [-0.2, -0.15) is 0 Å². The van der Waals surface area contributed by atoms with Gasteiger partial charge in [-0.25, -0.2) is 0 Å². The van der Waals surface area contributed by atoms with E-state index in [4.69, 9.17) is 39.5 Å². The van der Waals surface area contributed by atoms with Gasteiger partial charge in [0.15, 0.2) is 0 Å². The number of halogens is 3. The second-order valence-electron chi connectivity index (χ2n) is 4.83. The number of hydrogen-bond acceptors (Lipinski definition) is 3. The molecule has 0 aromatic heterocycles. The highest BCUT2D eigenvalue weighted by Crippen LogP contribution is 2.33. The van der Waals surface area contributed by atoms with Gasteiger partial charge in [0.1, 0.15) is 5.75 Å². The van der Waals surface area contributed by atoms with Crippen LogP contribution in [-0.4, -0.2) is 12.5 Å². The lowest BCUT2D eigenvalue weighted by molar-refractivity contribution is -0.121. The Kier molecular flexibility index (Phi) is 6.39. The zero-order valence-corrected chi connectivity index (χ0v) is 14.6. The molecule has 0 atom stereocenters. The fourth-order valence-electron chi connectivity index (χ4n) is 1.75. The van der Waals surface area contributed by atoms with E-state index in [1.165, 1.54) is 12.1 Å². The quantitative estimate of drug-likeness (QED) is 0.710. The van der Waals surface area contributed by atoms with E-state index in [-0.39, 0.29) is 18.9 Å². The number of carbonyl (C=O) groups is 1. The lowest BCUT2D eigenvalue weighted by Gasteiger charge is -2.12. The summed E-state index contributed by atoms with van der Waals surface area (Å²) in [4.78, 5) is 11.8. The van der Waals surface area contributed by atoms with Gasteiger partial charge in [-0.05, 0) is 31.2 Å². The monoisotopic (exact) mass is 372 g/mol.